The first-order valence-corrected chi connectivity index (χ1v) is 9.05. The molecule has 0 radical (unpaired) electrons. The number of benzene rings is 1. The fourth-order valence-electron chi connectivity index (χ4n) is 3.10. The summed E-state index contributed by atoms with van der Waals surface area (Å²) in [6, 6.07) is 9.28. The summed E-state index contributed by atoms with van der Waals surface area (Å²) in [6.07, 6.45) is 4.34. The van der Waals surface area contributed by atoms with E-state index in [9.17, 15) is 4.39 Å². The second kappa shape index (κ2) is 10.4. The number of aryl methyl sites for hydroxylation is 1. The molecule has 0 bridgehead atoms. The molecule has 1 saturated heterocycles. The van der Waals surface area contributed by atoms with Crippen LogP contribution in [0.3, 0.4) is 0 Å². The van der Waals surface area contributed by atoms with Gasteiger partial charge in [0.15, 0.2) is 5.96 Å². The van der Waals surface area contributed by atoms with Crippen molar-refractivity contribution < 1.29 is 4.39 Å². The number of halogens is 2. The number of hydrogen-bond acceptors (Lipinski definition) is 3. The molecular weight excluding hydrogens is 456 g/mol. The molecule has 1 fully saturated rings. The summed E-state index contributed by atoms with van der Waals surface area (Å²) in [5.74, 6) is 1.58. The van der Waals surface area contributed by atoms with Gasteiger partial charge in [0.2, 0.25) is 0 Å². The topological polar surface area (TPSA) is 52.6 Å². The van der Waals surface area contributed by atoms with Gasteiger partial charge in [-0.3, -0.25) is 4.99 Å². The van der Waals surface area contributed by atoms with E-state index in [0.29, 0.717) is 24.6 Å². The van der Waals surface area contributed by atoms with Crippen molar-refractivity contribution >= 4 is 35.8 Å². The number of nitrogens with one attached hydrogen (secondary N) is 2. The van der Waals surface area contributed by atoms with Crippen LogP contribution in [0.5, 0.6) is 0 Å². The Balaban J connectivity index is 0.00000261. The van der Waals surface area contributed by atoms with Crippen molar-refractivity contribution in [3.8, 4) is 0 Å². The van der Waals surface area contributed by atoms with Gasteiger partial charge in [-0.05, 0) is 54.7 Å². The summed E-state index contributed by atoms with van der Waals surface area (Å²) in [4.78, 5) is 11.1. The van der Waals surface area contributed by atoms with Crippen LogP contribution >= 0.6 is 24.0 Å². The second-order valence-corrected chi connectivity index (χ2v) is 6.58. The van der Waals surface area contributed by atoms with Crippen LogP contribution in [-0.2, 0) is 13.1 Å². The Hall–Kier alpha value is -1.90. The SMILES string of the molecule is CN=C(NCc1ccnc(N2CCCC2)c1)NCc1ccc(F)c(C)c1.I. The Morgan fingerprint density at radius 3 is 2.41 bits per heavy atom. The van der Waals surface area contributed by atoms with E-state index < -0.39 is 0 Å². The van der Waals surface area contributed by atoms with E-state index in [-0.39, 0.29) is 29.8 Å². The number of aromatic nitrogens is 1. The first-order chi connectivity index (χ1) is 12.7. The molecule has 1 aliphatic heterocycles. The summed E-state index contributed by atoms with van der Waals surface area (Å²) < 4.78 is 13.4. The summed E-state index contributed by atoms with van der Waals surface area (Å²) in [6.45, 7) is 5.21. The molecule has 0 amide bonds. The molecule has 0 atom stereocenters. The molecule has 1 aromatic carbocycles. The predicted molar refractivity (Wildman–Crippen MR) is 119 cm³/mol. The largest absolute Gasteiger partial charge is 0.357 e. The number of rotatable bonds is 5. The van der Waals surface area contributed by atoms with Crippen molar-refractivity contribution in [3.63, 3.8) is 0 Å². The van der Waals surface area contributed by atoms with Crippen LogP contribution in [0.4, 0.5) is 10.2 Å². The average Bonchev–Trinajstić information content (AvgIpc) is 3.20. The van der Waals surface area contributed by atoms with Gasteiger partial charge < -0.3 is 15.5 Å². The summed E-state index contributed by atoms with van der Waals surface area (Å²) in [7, 11) is 1.74. The minimum atomic E-state index is -0.178. The van der Waals surface area contributed by atoms with Crippen molar-refractivity contribution in [3.05, 3.63) is 59.0 Å². The fraction of sp³-hybridized carbons (Fsp3) is 0.400. The normalized spacial score (nSPS) is 14.0. The van der Waals surface area contributed by atoms with E-state index in [1.54, 1.807) is 20.0 Å². The van der Waals surface area contributed by atoms with Gasteiger partial charge in [0.1, 0.15) is 11.6 Å². The fourth-order valence-corrected chi connectivity index (χ4v) is 3.10. The molecule has 7 heteroatoms. The third-order valence-electron chi connectivity index (χ3n) is 4.61. The standard InChI is InChI=1S/C20H26FN5.HI/c1-15-11-16(5-6-18(15)21)13-24-20(22-2)25-14-17-7-8-23-19(12-17)26-9-3-4-10-26;/h5-8,11-12H,3-4,9-10,13-14H2,1-2H3,(H2,22,24,25);1H. The highest BCUT2D eigenvalue weighted by Gasteiger charge is 2.13. The van der Waals surface area contributed by atoms with Gasteiger partial charge in [-0.15, -0.1) is 24.0 Å². The molecule has 0 spiro atoms. The van der Waals surface area contributed by atoms with Crippen LogP contribution in [0, 0.1) is 12.7 Å². The van der Waals surface area contributed by atoms with Crippen molar-refractivity contribution in [2.24, 2.45) is 4.99 Å². The lowest BCUT2D eigenvalue weighted by Gasteiger charge is -2.17. The smallest absolute Gasteiger partial charge is 0.191 e. The number of guanidine groups is 1. The van der Waals surface area contributed by atoms with Gasteiger partial charge in [-0.2, -0.15) is 0 Å². The van der Waals surface area contributed by atoms with E-state index in [4.69, 9.17) is 0 Å². The zero-order valence-electron chi connectivity index (χ0n) is 15.8. The Bertz CT molecular complexity index is 775. The summed E-state index contributed by atoms with van der Waals surface area (Å²) >= 11 is 0. The van der Waals surface area contributed by atoms with Crippen LogP contribution in [0.15, 0.2) is 41.5 Å². The maximum atomic E-state index is 13.4. The Labute approximate surface area is 177 Å². The molecule has 5 nitrogen and oxygen atoms in total. The highest BCUT2D eigenvalue weighted by Crippen LogP contribution is 2.18. The minimum absolute atomic E-state index is 0. The number of pyridine rings is 1. The van der Waals surface area contributed by atoms with Crippen molar-refractivity contribution in [2.75, 3.05) is 25.0 Å². The highest BCUT2D eigenvalue weighted by atomic mass is 127. The summed E-state index contributed by atoms with van der Waals surface area (Å²) in [5.41, 5.74) is 2.84. The lowest BCUT2D eigenvalue weighted by atomic mass is 10.1. The molecule has 1 aromatic heterocycles. The molecule has 0 aliphatic carbocycles. The minimum Gasteiger partial charge on any atom is -0.357 e. The highest BCUT2D eigenvalue weighted by molar-refractivity contribution is 14.0. The molecule has 1 aliphatic rings. The number of aliphatic imine (C=N–C) groups is 1. The monoisotopic (exact) mass is 483 g/mol. The van der Waals surface area contributed by atoms with E-state index in [1.165, 1.54) is 24.5 Å². The third-order valence-corrected chi connectivity index (χ3v) is 4.61. The van der Waals surface area contributed by atoms with E-state index >= 15 is 0 Å². The van der Waals surface area contributed by atoms with Crippen LogP contribution in [-0.4, -0.2) is 31.1 Å². The predicted octanol–water partition coefficient (Wildman–Crippen LogP) is 3.61. The zero-order valence-corrected chi connectivity index (χ0v) is 18.2. The van der Waals surface area contributed by atoms with Crippen molar-refractivity contribution in [1.82, 2.24) is 15.6 Å². The van der Waals surface area contributed by atoms with Gasteiger partial charge in [0.05, 0.1) is 0 Å². The number of anilines is 1. The van der Waals surface area contributed by atoms with Gasteiger partial charge in [0.25, 0.3) is 0 Å². The van der Waals surface area contributed by atoms with Crippen molar-refractivity contribution in [1.29, 1.82) is 0 Å². The molecule has 27 heavy (non-hydrogen) atoms. The quantitative estimate of drug-likeness (QED) is 0.388. The van der Waals surface area contributed by atoms with Gasteiger partial charge in [-0.1, -0.05) is 12.1 Å². The van der Waals surface area contributed by atoms with Crippen LogP contribution in [0.1, 0.15) is 29.5 Å². The second-order valence-electron chi connectivity index (χ2n) is 6.58. The van der Waals surface area contributed by atoms with Gasteiger partial charge in [-0.25, -0.2) is 9.37 Å². The number of hydrogen-bond donors (Lipinski definition) is 2. The Kier molecular flexibility index (Phi) is 8.27. The van der Waals surface area contributed by atoms with Gasteiger partial charge in [0, 0.05) is 39.4 Å². The summed E-state index contributed by atoms with van der Waals surface area (Å²) in [5, 5.41) is 6.58. The molecular formula is C20H27FIN5. The first-order valence-electron chi connectivity index (χ1n) is 9.05. The Morgan fingerprint density at radius 2 is 1.78 bits per heavy atom. The lowest BCUT2D eigenvalue weighted by Crippen LogP contribution is -2.36. The molecule has 146 valence electrons. The third kappa shape index (κ3) is 6.05. The van der Waals surface area contributed by atoms with Crippen LogP contribution in [0.2, 0.25) is 0 Å². The van der Waals surface area contributed by atoms with Crippen LogP contribution < -0.4 is 15.5 Å². The molecule has 2 heterocycles. The lowest BCUT2D eigenvalue weighted by molar-refractivity contribution is 0.617. The van der Waals surface area contributed by atoms with E-state index in [0.717, 1.165) is 24.5 Å². The molecule has 0 saturated carbocycles. The number of nitrogens with zero attached hydrogens (tertiary/aromatic N) is 3. The average molecular weight is 483 g/mol. The molecule has 2 N–H and O–H groups in total. The zero-order chi connectivity index (χ0) is 18.4. The van der Waals surface area contributed by atoms with Crippen LogP contribution in [0.25, 0.3) is 0 Å². The van der Waals surface area contributed by atoms with Gasteiger partial charge >= 0.3 is 0 Å². The molecule has 2 aromatic rings. The van der Waals surface area contributed by atoms with Crippen molar-refractivity contribution in [2.45, 2.75) is 32.9 Å². The maximum absolute atomic E-state index is 13.4. The molecule has 3 rings (SSSR count). The van der Waals surface area contributed by atoms with E-state index in [1.807, 2.05) is 18.3 Å². The maximum Gasteiger partial charge on any atom is 0.191 e. The Morgan fingerprint density at radius 1 is 1.11 bits per heavy atom. The molecule has 0 unspecified atom stereocenters. The van der Waals surface area contributed by atoms with E-state index in [2.05, 4.69) is 31.6 Å². The first kappa shape index (κ1) is 21.4.